The van der Waals surface area contributed by atoms with Crippen LogP contribution in [0.25, 0.3) is 0 Å². The number of fused-ring (bicyclic) bond motifs is 2. The summed E-state index contributed by atoms with van der Waals surface area (Å²) >= 11 is 0. The molecule has 0 aromatic heterocycles. The number of aliphatic imine (C=N–C) groups is 1. The quantitative estimate of drug-likeness (QED) is 0.278. The Morgan fingerprint density at radius 1 is 0.791 bits per heavy atom. The Balaban J connectivity index is 0.000000295. The standard InChI is InChI=1S/C16H24N2O4.C15H26N2O3.ClH/c1-15(2,3)12(17-8-19)13(20)18-7-9-10(16(9,4)5)11(18)14(21)22-6;1-14(2,3)11(16)12(18)17-7-8-9(15(8,4)5)10(17)13(19)20-6;/h9-12H,7H2,1-6H3;8-11H,7,16H2,1-6H3;1H/t9-,10-,11-,12+;8-,9-,10-,11+;/m00./s1. The number of halogens is 1. The van der Waals surface area contributed by atoms with E-state index in [1.54, 1.807) is 9.80 Å². The summed E-state index contributed by atoms with van der Waals surface area (Å²) in [6, 6.07) is -2.49. The number of amides is 2. The largest absolute Gasteiger partial charge is 0.467 e. The minimum Gasteiger partial charge on any atom is -0.467 e. The predicted molar refractivity (Wildman–Crippen MR) is 163 cm³/mol. The minimum absolute atomic E-state index is 0. The summed E-state index contributed by atoms with van der Waals surface area (Å²) in [5.74, 6) is -0.170. The van der Waals surface area contributed by atoms with Crippen LogP contribution in [-0.4, -0.2) is 91.1 Å². The number of isocyanates is 1. The Hall–Kier alpha value is -2.49. The maximum atomic E-state index is 12.8. The second-order valence-electron chi connectivity index (χ2n) is 15.7. The molecule has 2 amide bonds. The zero-order valence-corrected chi connectivity index (χ0v) is 28.5. The van der Waals surface area contributed by atoms with E-state index in [0.29, 0.717) is 24.9 Å². The van der Waals surface area contributed by atoms with E-state index >= 15 is 0 Å². The smallest absolute Gasteiger partial charge is 0.328 e. The first-order chi connectivity index (χ1) is 19.1. The summed E-state index contributed by atoms with van der Waals surface area (Å²) in [4.78, 5) is 67.2. The topological polar surface area (TPSA) is 149 Å². The van der Waals surface area contributed by atoms with Crippen LogP contribution >= 0.6 is 12.4 Å². The van der Waals surface area contributed by atoms with Crippen LogP contribution in [-0.2, 0) is 33.4 Å². The van der Waals surface area contributed by atoms with Crippen molar-refractivity contribution in [3.05, 3.63) is 0 Å². The van der Waals surface area contributed by atoms with Gasteiger partial charge in [-0.05, 0) is 33.5 Å². The average molecular weight is 627 g/mol. The van der Waals surface area contributed by atoms with Crippen molar-refractivity contribution in [3.63, 3.8) is 0 Å². The van der Waals surface area contributed by atoms with E-state index in [1.807, 2.05) is 41.5 Å². The van der Waals surface area contributed by atoms with Crippen LogP contribution in [0.5, 0.6) is 0 Å². The van der Waals surface area contributed by atoms with E-state index in [2.05, 4.69) is 32.7 Å². The molecule has 11 nitrogen and oxygen atoms in total. The maximum Gasteiger partial charge on any atom is 0.328 e. The molecule has 2 N–H and O–H groups in total. The fourth-order valence-corrected chi connectivity index (χ4v) is 7.18. The van der Waals surface area contributed by atoms with Crippen molar-refractivity contribution in [2.24, 2.45) is 56.1 Å². The number of piperidine rings is 2. The first kappa shape index (κ1) is 36.7. The zero-order chi connectivity index (χ0) is 32.3. The van der Waals surface area contributed by atoms with Crippen molar-refractivity contribution in [2.75, 3.05) is 27.3 Å². The van der Waals surface area contributed by atoms with Gasteiger partial charge in [0.1, 0.15) is 18.1 Å². The molecule has 4 fully saturated rings. The zero-order valence-electron chi connectivity index (χ0n) is 27.7. The maximum absolute atomic E-state index is 12.8. The number of hydrogen-bond donors (Lipinski definition) is 1. The van der Waals surface area contributed by atoms with Crippen molar-refractivity contribution < 1.29 is 33.4 Å². The van der Waals surface area contributed by atoms with Gasteiger partial charge < -0.3 is 25.0 Å². The summed E-state index contributed by atoms with van der Waals surface area (Å²) in [6.45, 7) is 20.9. The Labute approximate surface area is 262 Å². The van der Waals surface area contributed by atoms with Gasteiger partial charge in [0.05, 0.1) is 20.3 Å². The number of carbonyl (C=O) groups is 4. The van der Waals surface area contributed by atoms with Gasteiger partial charge >= 0.3 is 11.9 Å². The highest BCUT2D eigenvalue weighted by Crippen LogP contribution is 2.66. The second-order valence-corrected chi connectivity index (χ2v) is 15.7. The molecule has 0 aromatic rings. The molecule has 2 heterocycles. The van der Waals surface area contributed by atoms with Crippen LogP contribution in [0.15, 0.2) is 4.99 Å². The fourth-order valence-electron chi connectivity index (χ4n) is 7.18. The SMILES string of the molecule is COC(=O)[C@@H]1[C@@H]2[C@H](CN1C(=O)[C@@H](N)C(C)(C)C)C2(C)C.COC(=O)[C@@H]1[C@@H]2[C@H](CN1C(=O)[C@@H](N=C=O)C(C)(C)C)C2(C)C.Cl. The van der Waals surface area contributed by atoms with E-state index < -0.39 is 35.6 Å². The lowest BCUT2D eigenvalue weighted by atomic mass is 9.85. The molecular formula is C31H51ClN4O7. The molecule has 2 saturated heterocycles. The first-order valence-electron chi connectivity index (χ1n) is 14.7. The summed E-state index contributed by atoms with van der Waals surface area (Å²) in [5, 5.41) is 0. The van der Waals surface area contributed by atoms with Gasteiger partial charge in [0, 0.05) is 24.9 Å². The molecule has 2 aliphatic heterocycles. The van der Waals surface area contributed by atoms with Crippen molar-refractivity contribution >= 4 is 42.2 Å². The van der Waals surface area contributed by atoms with Crippen LogP contribution in [0, 0.1) is 45.3 Å². The molecule has 0 bridgehead atoms. The molecule has 4 aliphatic rings. The number of carbonyl (C=O) groups excluding carboxylic acids is 5. The molecule has 0 spiro atoms. The van der Waals surface area contributed by atoms with Crippen molar-refractivity contribution in [2.45, 2.75) is 93.4 Å². The number of methoxy groups -OCH3 is 2. The third-order valence-electron chi connectivity index (χ3n) is 10.3. The number of rotatable bonds is 5. The van der Waals surface area contributed by atoms with Gasteiger partial charge in [0.15, 0.2) is 0 Å². The van der Waals surface area contributed by atoms with Gasteiger partial charge in [-0.3, -0.25) is 9.59 Å². The first-order valence-corrected chi connectivity index (χ1v) is 14.7. The highest BCUT2D eigenvalue weighted by molar-refractivity contribution is 5.91. The van der Waals surface area contributed by atoms with Gasteiger partial charge in [-0.1, -0.05) is 69.2 Å². The molecule has 12 heteroatoms. The number of likely N-dealkylation sites (tertiary alicyclic amines) is 2. The van der Waals surface area contributed by atoms with Gasteiger partial charge in [0.2, 0.25) is 17.9 Å². The Morgan fingerprint density at radius 3 is 1.47 bits per heavy atom. The van der Waals surface area contributed by atoms with Crippen LogP contribution < -0.4 is 5.73 Å². The molecule has 2 saturated carbocycles. The van der Waals surface area contributed by atoms with E-state index in [-0.39, 0.29) is 58.3 Å². The number of ether oxygens (including phenoxy) is 2. The number of esters is 2. The molecule has 0 radical (unpaired) electrons. The Bertz CT molecular complexity index is 1170. The van der Waals surface area contributed by atoms with Crippen LogP contribution in [0.3, 0.4) is 0 Å². The molecule has 8 atom stereocenters. The van der Waals surface area contributed by atoms with Crippen molar-refractivity contribution in [1.82, 2.24) is 9.80 Å². The van der Waals surface area contributed by atoms with Crippen LogP contribution in [0.1, 0.15) is 69.2 Å². The Kier molecular flexibility index (Phi) is 10.4. The molecule has 2 aliphatic carbocycles. The summed E-state index contributed by atoms with van der Waals surface area (Å²) in [7, 11) is 2.70. The second kappa shape index (κ2) is 12.1. The summed E-state index contributed by atoms with van der Waals surface area (Å²) in [6.07, 6.45) is 1.49. The van der Waals surface area contributed by atoms with E-state index in [4.69, 9.17) is 15.2 Å². The minimum atomic E-state index is -0.835. The highest BCUT2D eigenvalue weighted by atomic mass is 35.5. The summed E-state index contributed by atoms with van der Waals surface area (Å²) in [5.41, 5.74) is 5.38. The third kappa shape index (κ3) is 6.50. The average Bonchev–Trinajstić information content (AvgIpc) is 3.39. The van der Waals surface area contributed by atoms with E-state index in [1.165, 1.54) is 20.3 Å². The molecule has 0 unspecified atom stereocenters. The van der Waals surface area contributed by atoms with Crippen LogP contribution in [0.4, 0.5) is 0 Å². The lowest BCUT2D eigenvalue weighted by molar-refractivity contribution is -0.154. The highest BCUT2D eigenvalue weighted by Gasteiger charge is 2.71. The third-order valence-corrected chi connectivity index (χ3v) is 10.3. The normalized spacial score (nSPS) is 30.5. The Morgan fingerprint density at radius 2 is 1.16 bits per heavy atom. The fraction of sp³-hybridized carbons (Fsp3) is 0.839. The molecule has 0 aromatic carbocycles. The van der Waals surface area contributed by atoms with Crippen molar-refractivity contribution in [1.29, 1.82) is 0 Å². The number of nitrogens with two attached hydrogens (primary N) is 1. The lowest BCUT2D eigenvalue weighted by Gasteiger charge is -2.35. The molecular weight excluding hydrogens is 576 g/mol. The van der Waals surface area contributed by atoms with E-state index in [0.717, 1.165) is 0 Å². The van der Waals surface area contributed by atoms with Gasteiger partial charge in [-0.15, -0.1) is 12.4 Å². The molecule has 43 heavy (non-hydrogen) atoms. The summed E-state index contributed by atoms with van der Waals surface area (Å²) < 4.78 is 9.79. The monoisotopic (exact) mass is 626 g/mol. The number of hydrogen-bond acceptors (Lipinski definition) is 9. The predicted octanol–water partition coefficient (Wildman–Crippen LogP) is 2.83. The van der Waals surface area contributed by atoms with Crippen LogP contribution in [0.2, 0.25) is 0 Å². The van der Waals surface area contributed by atoms with Gasteiger partial charge in [0.25, 0.3) is 0 Å². The number of nitrogens with zero attached hydrogens (tertiary/aromatic N) is 3. The molecule has 4 rings (SSSR count). The molecule has 244 valence electrons. The van der Waals surface area contributed by atoms with Crippen molar-refractivity contribution in [3.8, 4) is 0 Å². The lowest BCUT2D eigenvalue weighted by Crippen LogP contribution is -2.55. The van der Waals surface area contributed by atoms with Gasteiger partial charge in [-0.2, -0.15) is 4.99 Å². The van der Waals surface area contributed by atoms with E-state index in [9.17, 15) is 24.0 Å². The van der Waals surface area contributed by atoms with Gasteiger partial charge in [-0.25, -0.2) is 14.4 Å².